The summed E-state index contributed by atoms with van der Waals surface area (Å²) in [5, 5.41) is 20.3. The van der Waals surface area contributed by atoms with Crippen molar-refractivity contribution in [2.75, 3.05) is 0 Å². The fourth-order valence-electron chi connectivity index (χ4n) is 1.92. The van der Waals surface area contributed by atoms with Crippen molar-refractivity contribution in [3.05, 3.63) is 29.3 Å². The Morgan fingerprint density at radius 1 is 1.37 bits per heavy atom. The Balaban J connectivity index is 2.24. The van der Waals surface area contributed by atoms with Gasteiger partial charge < -0.3 is 5.11 Å². The summed E-state index contributed by atoms with van der Waals surface area (Å²) in [6, 6.07) is 5.98. The van der Waals surface area contributed by atoms with Gasteiger partial charge in [0, 0.05) is 18.5 Å². The summed E-state index contributed by atoms with van der Waals surface area (Å²) < 4.78 is 1.66. The predicted octanol–water partition coefficient (Wildman–Crippen LogP) is 1.82. The van der Waals surface area contributed by atoms with Crippen LogP contribution in [0.1, 0.15) is 24.0 Å². The smallest absolute Gasteiger partial charge is 0.303 e. The summed E-state index contributed by atoms with van der Waals surface area (Å²) in [4.78, 5) is 10.5. The van der Waals surface area contributed by atoms with Gasteiger partial charge in [-0.3, -0.25) is 4.79 Å². The molecule has 0 saturated carbocycles. The summed E-state index contributed by atoms with van der Waals surface area (Å²) in [5.74, 6) is -0.118. The fraction of sp³-hybridized carbons (Fsp3) is 0.385. The second-order valence-corrected chi connectivity index (χ2v) is 4.47. The van der Waals surface area contributed by atoms with Crippen LogP contribution in [0.5, 0.6) is 0 Å². The third-order valence-corrected chi connectivity index (χ3v) is 3.14. The Morgan fingerprint density at radius 2 is 2.16 bits per heavy atom. The summed E-state index contributed by atoms with van der Waals surface area (Å²) in [6.45, 7) is 4.57. The van der Waals surface area contributed by atoms with Gasteiger partial charge in [-0.1, -0.05) is 18.2 Å². The molecule has 6 nitrogen and oxygen atoms in total. The van der Waals surface area contributed by atoms with Crippen molar-refractivity contribution >= 4 is 5.97 Å². The number of aromatic nitrogens is 4. The highest BCUT2D eigenvalue weighted by Crippen LogP contribution is 2.23. The first-order valence-electron chi connectivity index (χ1n) is 6.14. The molecule has 0 unspecified atom stereocenters. The van der Waals surface area contributed by atoms with E-state index < -0.39 is 5.97 Å². The SMILES string of the molecule is Cc1cccc(-c2nnnn2CCCC(=O)O)c1C. The molecule has 0 saturated heterocycles. The van der Waals surface area contributed by atoms with E-state index in [0.717, 1.165) is 11.1 Å². The lowest BCUT2D eigenvalue weighted by Gasteiger charge is -2.08. The van der Waals surface area contributed by atoms with Gasteiger partial charge in [0.15, 0.2) is 5.82 Å². The molecule has 1 aromatic heterocycles. The molecule has 100 valence electrons. The van der Waals surface area contributed by atoms with Crippen molar-refractivity contribution in [2.24, 2.45) is 0 Å². The van der Waals surface area contributed by atoms with Crippen LogP contribution < -0.4 is 0 Å². The van der Waals surface area contributed by atoms with Crippen molar-refractivity contribution < 1.29 is 9.90 Å². The minimum Gasteiger partial charge on any atom is -0.481 e. The van der Waals surface area contributed by atoms with E-state index in [-0.39, 0.29) is 6.42 Å². The molecule has 1 aromatic carbocycles. The normalized spacial score (nSPS) is 10.6. The van der Waals surface area contributed by atoms with Gasteiger partial charge in [0.25, 0.3) is 0 Å². The molecule has 0 bridgehead atoms. The van der Waals surface area contributed by atoms with Crippen LogP contribution in [0.2, 0.25) is 0 Å². The van der Waals surface area contributed by atoms with Gasteiger partial charge in [-0.15, -0.1) is 5.10 Å². The molecule has 0 spiro atoms. The number of carbonyl (C=O) groups is 1. The summed E-state index contributed by atoms with van der Waals surface area (Å²) >= 11 is 0. The maximum atomic E-state index is 10.5. The highest BCUT2D eigenvalue weighted by Gasteiger charge is 2.12. The molecule has 0 aliphatic rings. The van der Waals surface area contributed by atoms with Gasteiger partial charge in [-0.25, -0.2) is 4.68 Å². The quantitative estimate of drug-likeness (QED) is 0.886. The number of rotatable bonds is 5. The van der Waals surface area contributed by atoms with Crippen molar-refractivity contribution in [3.63, 3.8) is 0 Å². The molecule has 2 rings (SSSR count). The Bertz CT molecular complexity index is 592. The van der Waals surface area contributed by atoms with Crippen LogP contribution in [0.25, 0.3) is 11.4 Å². The molecule has 2 aromatic rings. The summed E-state index contributed by atoms with van der Waals surface area (Å²) in [5.41, 5.74) is 3.30. The van der Waals surface area contributed by atoms with Gasteiger partial charge >= 0.3 is 5.97 Å². The minimum absolute atomic E-state index is 0.117. The molecule has 1 N–H and O–H groups in total. The Hall–Kier alpha value is -2.24. The van der Waals surface area contributed by atoms with Crippen LogP contribution >= 0.6 is 0 Å². The number of aryl methyl sites for hydroxylation is 2. The van der Waals surface area contributed by atoms with Crippen molar-refractivity contribution in [2.45, 2.75) is 33.2 Å². The van der Waals surface area contributed by atoms with E-state index in [1.165, 1.54) is 5.56 Å². The second-order valence-electron chi connectivity index (χ2n) is 4.47. The molecule has 6 heteroatoms. The zero-order valence-electron chi connectivity index (χ0n) is 11.0. The first-order valence-corrected chi connectivity index (χ1v) is 6.14. The van der Waals surface area contributed by atoms with Gasteiger partial charge in [-0.2, -0.15) is 0 Å². The Morgan fingerprint density at radius 3 is 2.89 bits per heavy atom. The first-order chi connectivity index (χ1) is 9.09. The molecule has 0 radical (unpaired) electrons. The zero-order chi connectivity index (χ0) is 13.8. The average Bonchev–Trinajstić information content (AvgIpc) is 2.80. The summed E-state index contributed by atoms with van der Waals surface area (Å²) in [7, 11) is 0. The summed E-state index contributed by atoms with van der Waals surface area (Å²) in [6.07, 6.45) is 0.629. The third kappa shape index (κ3) is 2.96. The number of carboxylic acids is 1. The minimum atomic E-state index is -0.804. The molecular weight excluding hydrogens is 244 g/mol. The number of tetrazole rings is 1. The van der Waals surface area contributed by atoms with Gasteiger partial charge in [-0.05, 0) is 41.8 Å². The van der Waals surface area contributed by atoms with E-state index in [0.29, 0.717) is 18.8 Å². The largest absolute Gasteiger partial charge is 0.481 e. The highest BCUT2D eigenvalue weighted by atomic mass is 16.4. The lowest BCUT2D eigenvalue weighted by Crippen LogP contribution is -2.06. The average molecular weight is 260 g/mol. The third-order valence-electron chi connectivity index (χ3n) is 3.14. The van der Waals surface area contributed by atoms with Crippen LogP contribution in [0.4, 0.5) is 0 Å². The van der Waals surface area contributed by atoms with E-state index in [9.17, 15) is 4.79 Å². The van der Waals surface area contributed by atoms with E-state index in [4.69, 9.17) is 5.11 Å². The van der Waals surface area contributed by atoms with Crippen molar-refractivity contribution in [1.82, 2.24) is 20.2 Å². The number of nitrogens with zero attached hydrogens (tertiary/aromatic N) is 4. The molecule has 0 atom stereocenters. The maximum Gasteiger partial charge on any atom is 0.303 e. The predicted molar refractivity (Wildman–Crippen MR) is 69.6 cm³/mol. The van der Waals surface area contributed by atoms with Crippen LogP contribution in [0.15, 0.2) is 18.2 Å². The van der Waals surface area contributed by atoms with Crippen LogP contribution in [-0.4, -0.2) is 31.3 Å². The fourth-order valence-corrected chi connectivity index (χ4v) is 1.92. The monoisotopic (exact) mass is 260 g/mol. The van der Waals surface area contributed by atoms with Crippen LogP contribution in [-0.2, 0) is 11.3 Å². The van der Waals surface area contributed by atoms with E-state index in [1.807, 2.05) is 32.0 Å². The lowest BCUT2D eigenvalue weighted by atomic mass is 10.0. The number of aliphatic carboxylic acids is 1. The zero-order valence-corrected chi connectivity index (χ0v) is 11.0. The lowest BCUT2D eigenvalue weighted by molar-refractivity contribution is -0.137. The first kappa shape index (κ1) is 13.2. The topological polar surface area (TPSA) is 80.9 Å². The van der Waals surface area contributed by atoms with E-state index in [2.05, 4.69) is 15.5 Å². The number of carboxylic acid groups (broad SMARTS) is 1. The molecule has 19 heavy (non-hydrogen) atoms. The molecule has 1 heterocycles. The Kier molecular flexibility index (Phi) is 3.89. The van der Waals surface area contributed by atoms with Crippen molar-refractivity contribution in [1.29, 1.82) is 0 Å². The standard InChI is InChI=1S/C13H16N4O2/c1-9-5-3-6-11(10(9)2)13-14-15-16-17(13)8-4-7-12(18)19/h3,5-6H,4,7-8H2,1-2H3,(H,18,19). The molecule has 0 aliphatic heterocycles. The number of benzene rings is 1. The highest BCUT2D eigenvalue weighted by molar-refractivity contribution is 5.66. The van der Waals surface area contributed by atoms with Gasteiger partial charge in [0.1, 0.15) is 0 Å². The van der Waals surface area contributed by atoms with Crippen LogP contribution in [0.3, 0.4) is 0 Å². The number of hydrogen-bond acceptors (Lipinski definition) is 4. The molecular formula is C13H16N4O2. The maximum absolute atomic E-state index is 10.5. The number of hydrogen-bond donors (Lipinski definition) is 1. The molecule has 0 amide bonds. The van der Waals surface area contributed by atoms with Gasteiger partial charge in [0.05, 0.1) is 0 Å². The second kappa shape index (κ2) is 5.60. The van der Waals surface area contributed by atoms with Gasteiger partial charge in [0.2, 0.25) is 0 Å². The Labute approximate surface area is 111 Å². The van der Waals surface area contributed by atoms with E-state index >= 15 is 0 Å². The molecule has 0 aliphatic carbocycles. The van der Waals surface area contributed by atoms with E-state index in [1.54, 1.807) is 4.68 Å². The van der Waals surface area contributed by atoms with Crippen LogP contribution in [0, 0.1) is 13.8 Å². The molecule has 0 fully saturated rings. The van der Waals surface area contributed by atoms with Crippen molar-refractivity contribution in [3.8, 4) is 11.4 Å².